The first kappa shape index (κ1) is 11.2. The summed E-state index contributed by atoms with van der Waals surface area (Å²) in [6.07, 6.45) is 2.67. The van der Waals surface area contributed by atoms with Gasteiger partial charge in [-0.1, -0.05) is 0 Å². The Morgan fingerprint density at radius 2 is 2.29 bits per heavy atom. The van der Waals surface area contributed by atoms with Gasteiger partial charge < -0.3 is 10.4 Å². The highest BCUT2D eigenvalue weighted by Crippen LogP contribution is 2.05. The van der Waals surface area contributed by atoms with Crippen LogP contribution in [0.1, 0.15) is 26.0 Å². The highest BCUT2D eigenvalue weighted by atomic mass is 16.3. The van der Waals surface area contributed by atoms with Crippen molar-refractivity contribution in [1.29, 1.82) is 0 Å². The van der Waals surface area contributed by atoms with Gasteiger partial charge in [0.25, 0.3) is 0 Å². The lowest BCUT2D eigenvalue weighted by Gasteiger charge is -2.16. The van der Waals surface area contributed by atoms with Crippen molar-refractivity contribution in [2.75, 3.05) is 6.54 Å². The average molecular weight is 197 g/mol. The van der Waals surface area contributed by atoms with E-state index in [0.717, 1.165) is 25.2 Å². The second-order valence-corrected chi connectivity index (χ2v) is 4.22. The smallest absolute Gasteiger partial charge is 0.0762 e. The molecule has 0 radical (unpaired) electrons. The number of aromatic nitrogens is 2. The fourth-order valence-electron chi connectivity index (χ4n) is 1.17. The van der Waals surface area contributed by atoms with E-state index in [2.05, 4.69) is 10.4 Å². The van der Waals surface area contributed by atoms with Crippen molar-refractivity contribution >= 4 is 0 Å². The lowest BCUT2D eigenvalue weighted by Crippen LogP contribution is -2.26. The molecule has 0 amide bonds. The van der Waals surface area contributed by atoms with E-state index in [-0.39, 0.29) is 0 Å². The minimum absolute atomic E-state index is 0.586. The number of hydrogen-bond donors (Lipinski definition) is 2. The van der Waals surface area contributed by atoms with Gasteiger partial charge in [0.2, 0.25) is 0 Å². The van der Waals surface area contributed by atoms with Gasteiger partial charge in [0.1, 0.15) is 0 Å². The summed E-state index contributed by atoms with van der Waals surface area (Å²) in [5.74, 6) is 0. The molecule has 0 fully saturated rings. The second kappa shape index (κ2) is 4.57. The molecular formula is C10H19N3O. The SMILES string of the molecule is Cn1ccc(CNCCC(C)(C)O)n1. The third-order valence-corrected chi connectivity index (χ3v) is 1.99. The number of aliphatic hydroxyl groups is 1. The average Bonchev–Trinajstić information content (AvgIpc) is 2.44. The Morgan fingerprint density at radius 1 is 1.57 bits per heavy atom. The molecule has 80 valence electrons. The molecule has 1 heterocycles. The van der Waals surface area contributed by atoms with Crippen molar-refractivity contribution in [3.8, 4) is 0 Å². The third kappa shape index (κ3) is 4.39. The fraction of sp³-hybridized carbons (Fsp3) is 0.700. The van der Waals surface area contributed by atoms with E-state index >= 15 is 0 Å². The Kier molecular flexibility index (Phi) is 3.66. The van der Waals surface area contributed by atoms with Gasteiger partial charge in [-0.25, -0.2) is 0 Å². The molecule has 0 aromatic carbocycles. The molecule has 14 heavy (non-hydrogen) atoms. The molecule has 0 saturated heterocycles. The Labute approximate surface area is 84.9 Å². The van der Waals surface area contributed by atoms with Crippen molar-refractivity contribution in [3.63, 3.8) is 0 Å². The van der Waals surface area contributed by atoms with Gasteiger partial charge in [-0.15, -0.1) is 0 Å². The number of aryl methyl sites for hydroxylation is 1. The zero-order valence-corrected chi connectivity index (χ0v) is 9.12. The number of rotatable bonds is 5. The summed E-state index contributed by atoms with van der Waals surface area (Å²) in [6, 6.07) is 1.98. The first-order valence-electron chi connectivity index (χ1n) is 4.89. The molecule has 0 bridgehead atoms. The highest BCUT2D eigenvalue weighted by molar-refractivity contribution is 4.97. The Bertz CT molecular complexity index is 275. The van der Waals surface area contributed by atoms with Gasteiger partial charge in [0, 0.05) is 19.8 Å². The van der Waals surface area contributed by atoms with E-state index in [9.17, 15) is 5.11 Å². The third-order valence-electron chi connectivity index (χ3n) is 1.99. The van der Waals surface area contributed by atoms with E-state index in [1.54, 1.807) is 4.68 Å². The van der Waals surface area contributed by atoms with E-state index in [4.69, 9.17) is 0 Å². The highest BCUT2D eigenvalue weighted by Gasteiger charge is 2.10. The molecule has 1 rings (SSSR count). The van der Waals surface area contributed by atoms with Crippen LogP contribution in [0.15, 0.2) is 12.3 Å². The summed E-state index contributed by atoms with van der Waals surface area (Å²) in [5, 5.41) is 16.9. The van der Waals surface area contributed by atoms with Crippen LogP contribution in [0.25, 0.3) is 0 Å². The van der Waals surface area contributed by atoms with Crippen LogP contribution in [0.2, 0.25) is 0 Å². The summed E-state index contributed by atoms with van der Waals surface area (Å²) >= 11 is 0. The molecule has 0 atom stereocenters. The molecule has 0 aliphatic heterocycles. The van der Waals surface area contributed by atoms with Crippen LogP contribution in [0.5, 0.6) is 0 Å². The zero-order valence-electron chi connectivity index (χ0n) is 9.12. The predicted octanol–water partition coefficient (Wildman–Crippen LogP) is 0.671. The number of nitrogens with one attached hydrogen (secondary N) is 1. The lowest BCUT2D eigenvalue weighted by molar-refractivity contribution is 0.0711. The molecule has 1 aromatic rings. The van der Waals surface area contributed by atoms with Gasteiger partial charge in [0.05, 0.1) is 11.3 Å². The molecule has 0 spiro atoms. The molecule has 0 aliphatic carbocycles. The van der Waals surface area contributed by atoms with Gasteiger partial charge in [-0.05, 0) is 32.9 Å². The van der Waals surface area contributed by atoms with Gasteiger partial charge >= 0.3 is 0 Å². The predicted molar refractivity (Wildman–Crippen MR) is 55.8 cm³/mol. The summed E-state index contributed by atoms with van der Waals surface area (Å²) < 4.78 is 1.78. The van der Waals surface area contributed by atoms with Crippen LogP contribution < -0.4 is 5.32 Å². The van der Waals surface area contributed by atoms with Crippen molar-refractivity contribution < 1.29 is 5.11 Å². The maximum Gasteiger partial charge on any atom is 0.0762 e. The minimum Gasteiger partial charge on any atom is -0.390 e. The van der Waals surface area contributed by atoms with Crippen molar-refractivity contribution in [3.05, 3.63) is 18.0 Å². The molecule has 2 N–H and O–H groups in total. The summed E-state index contributed by atoms with van der Waals surface area (Å²) in [4.78, 5) is 0. The molecular weight excluding hydrogens is 178 g/mol. The van der Waals surface area contributed by atoms with Crippen LogP contribution in [0, 0.1) is 0 Å². The van der Waals surface area contributed by atoms with E-state index in [0.29, 0.717) is 0 Å². The monoisotopic (exact) mass is 197 g/mol. The summed E-state index contributed by atoms with van der Waals surface area (Å²) in [7, 11) is 1.90. The molecule has 4 nitrogen and oxygen atoms in total. The molecule has 0 aliphatic rings. The maximum absolute atomic E-state index is 9.46. The Morgan fingerprint density at radius 3 is 2.79 bits per heavy atom. The quantitative estimate of drug-likeness (QED) is 0.682. The molecule has 0 saturated carbocycles. The minimum atomic E-state index is -0.586. The first-order chi connectivity index (χ1) is 6.47. The van der Waals surface area contributed by atoms with Gasteiger partial charge in [-0.3, -0.25) is 4.68 Å². The van der Waals surface area contributed by atoms with Crippen molar-refractivity contribution in [2.45, 2.75) is 32.4 Å². The van der Waals surface area contributed by atoms with Crippen LogP contribution in [-0.4, -0.2) is 27.0 Å². The van der Waals surface area contributed by atoms with Crippen LogP contribution in [-0.2, 0) is 13.6 Å². The second-order valence-electron chi connectivity index (χ2n) is 4.22. The summed E-state index contributed by atoms with van der Waals surface area (Å²) in [6.45, 7) is 5.20. The maximum atomic E-state index is 9.46. The lowest BCUT2D eigenvalue weighted by atomic mass is 10.1. The first-order valence-corrected chi connectivity index (χ1v) is 4.89. The van der Waals surface area contributed by atoms with Gasteiger partial charge in [0.15, 0.2) is 0 Å². The van der Waals surface area contributed by atoms with Crippen LogP contribution >= 0.6 is 0 Å². The normalized spacial score (nSPS) is 12.0. The zero-order chi connectivity index (χ0) is 10.6. The van der Waals surface area contributed by atoms with Crippen LogP contribution in [0.3, 0.4) is 0 Å². The fourth-order valence-corrected chi connectivity index (χ4v) is 1.17. The van der Waals surface area contributed by atoms with E-state index in [1.165, 1.54) is 0 Å². The number of nitrogens with zero attached hydrogens (tertiary/aromatic N) is 2. The molecule has 1 aromatic heterocycles. The molecule has 4 heteroatoms. The molecule has 0 unspecified atom stereocenters. The van der Waals surface area contributed by atoms with Crippen LogP contribution in [0.4, 0.5) is 0 Å². The Balaban J connectivity index is 2.16. The van der Waals surface area contributed by atoms with Crippen molar-refractivity contribution in [1.82, 2.24) is 15.1 Å². The standard InChI is InChI=1S/C10H19N3O/c1-10(2,14)5-6-11-8-9-4-7-13(3)12-9/h4,7,11,14H,5-6,8H2,1-3H3. The van der Waals surface area contributed by atoms with Gasteiger partial charge in [-0.2, -0.15) is 5.10 Å². The number of hydrogen-bond acceptors (Lipinski definition) is 3. The summed E-state index contributed by atoms with van der Waals surface area (Å²) in [5.41, 5.74) is 0.445. The Hall–Kier alpha value is -0.870. The largest absolute Gasteiger partial charge is 0.390 e. The van der Waals surface area contributed by atoms with E-state index in [1.807, 2.05) is 33.2 Å². The topological polar surface area (TPSA) is 50.1 Å². The van der Waals surface area contributed by atoms with Crippen molar-refractivity contribution in [2.24, 2.45) is 7.05 Å². The van der Waals surface area contributed by atoms with E-state index < -0.39 is 5.60 Å².